The third kappa shape index (κ3) is 4.03. The minimum absolute atomic E-state index is 0.0147. The summed E-state index contributed by atoms with van der Waals surface area (Å²) in [7, 11) is 3.86. The zero-order chi connectivity index (χ0) is 21.3. The Morgan fingerprint density at radius 3 is 2.67 bits per heavy atom. The number of H-pyrrole nitrogens is 1. The van der Waals surface area contributed by atoms with Gasteiger partial charge in [0, 0.05) is 55.6 Å². The van der Waals surface area contributed by atoms with Crippen LogP contribution in [0.2, 0.25) is 5.02 Å². The van der Waals surface area contributed by atoms with Crippen molar-refractivity contribution in [2.24, 2.45) is 0 Å². The molecule has 7 nitrogen and oxygen atoms in total. The van der Waals surface area contributed by atoms with Crippen LogP contribution in [0.5, 0.6) is 0 Å². The number of anilines is 1. The van der Waals surface area contributed by atoms with Crippen LogP contribution in [0.1, 0.15) is 40.5 Å². The van der Waals surface area contributed by atoms with E-state index in [0.717, 1.165) is 41.9 Å². The molecule has 1 fully saturated rings. The first-order chi connectivity index (χ1) is 14.4. The normalized spacial score (nSPS) is 16.5. The Labute approximate surface area is 181 Å². The molecule has 0 spiro atoms. The van der Waals surface area contributed by atoms with E-state index < -0.39 is 0 Å². The topological polar surface area (TPSA) is 78.0 Å². The largest absolute Gasteiger partial charge is 0.347 e. The number of aromatic nitrogens is 4. The average molecular weight is 425 g/mol. The first-order valence-corrected chi connectivity index (χ1v) is 10.4. The smallest absolute Gasteiger partial charge is 0.257 e. The lowest BCUT2D eigenvalue weighted by Crippen LogP contribution is -2.39. The van der Waals surface area contributed by atoms with Gasteiger partial charge < -0.3 is 9.80 Å². The summed E-state index contributed by atoms with van der Waals surface area (Å²) in [6, 6.07) is 7.72. The maximum atomic E-state index is 13.0. The number of nitrogens with zero attached hydrogens (tertiary/aromatic N) is 5. The molecule has 30 heavy (non-hydrogen) atoms. The number of rotatable bonds is 4. The summed E-state index contributed by atoms with van der Waals surface area (Å²) in [4.78, 5) is 26.3. The Balaban J connectivity index is 1.69. The molecule has 2 aromatic heterocycles. The van der Waals surface area contributed by atoms with Gasteiger partial charge in [0.15, 0.2) is 0 Å². The van der Waals surface area contributed by atoms with Crippen LogP contribution in [0.4, 0.5) is 5.95 Å². The SMILES string of the molecule is Cc1[nH]ncc1C(=O)N1CCC[C@H](c2nc(N(C)C)ncc2-c2ccc(Cl)cc2)C1. The lowest BCUT2D eigenvalue weighted by Gasteiger charge is -2.33. The molecular weight excluding hydrogens is 400 g/mol. The van der Waals surface area contributed by atoms with E-state index >= 15 is 0 Å². The second-order valence-electron chi connectivity index (χ2n) is 7.87. The van der Waals surface area contributed by atoms with Gasteiger partial charge in [0.1, 0.15) is 0 Å². The van der Waals surface area contributed by atoms with Gasteiger partial charge in [-0.15, -0.1) is 0 Å². The summed E-state index contributed by atoms with van der Waals surface area (Å²) in [5.74, 6) is 0.806. The lowest BCUT2D eigenvalue weighted by molar-refractivity contribution is 0.0705. The number of amides is 1. The van der Waals surface area contributed by atoms with E-state index in [2.05, 4.69) is 15.2 Å². The molecule has 1 saturated heterocycles. The molecule has 0 bridgehead atoms. The number of hydrogen-bond acceptors (Lipinski definition) is 5. The quantitative estimate of drug-likeness (QED) is 0.686. The second-order valence-corrected chi connectivity index (χ2v) is 8.31. The van der Waals surface area contributed by atoms with Crippen molar-refractivity contribution in [3.05, 3.63) is 58.6 Å². The summed E-state index contributed by atoms with van der Waals surface area (Å²) < 4.78 is 0. The fourth-order valence-corrected chi connectivity index (χ4v) is 4.01. The van der Waals surface area contributed by atoms with Crippen LogP contribution in [0.15, 0.2) is 36.7 Å². The number of benzene rings is 1. The third-order valence-electron chi connectivity index (χ3n) is 5.52. The Morgan fingerprint density at radius 1 is 1.23 bits per heavy atom. The molecule has 8 heteroatoms. The zero-order valence-electron chi connectivity index (χ0n) is 17.4. The van der Waals surface area contributed by atoms with Crippen LogP contribution in [-0.2, 0) is 0 Å². The summed E-state index contributed by atoms with van der Waals surface area (Å²) in [5, 5.41) is 7.54. The highest BCUT2D eigenvalue weighted by atomic mass is 35.5. The van der Waals surface area contributed by atoms with Gasteiger partial charge in [-0.25, -0.2) is 9.97 Å². The summed E-state index contributed by atoms with van der Waals surface area (Å²) in [6.07, 6.45) is 5.38. The molecule has 1 aromatic carbocycles. The van der Waals surface area contributed by atoms with Crippen molar-refractivity contribution in [2.75, 3.05) is 32.1 Å². The van der Waals surface area contributed by atoms with E-state index in [4.69, 9.17) is 16.6 Å². The molecule has 1 N–H and O–H groups in total. The van der Waals surface area contributed by atoms with E-state index in [1.165, 1.54) is 0 Å². The van der Waals surface area contributed by atoms with Crippen molar-refractivity contribution >= 4 is 23.5 Å². The number of aromatic amines is 1. The molecule has 3 aromatic rings. The van der Waals surface area contributed by atoms with Crippen molar-refractivity contribution in [2.45, 2.75) is 25.7 Å². The monoisotopic (exact) mass is 424 g/mol. The number of carbonyl (C=O) groups is 1. The minimum Gasteiger partial charge on any atom is -0.347 e. The molecule has 0 radical (unpaired) electrons. The van der Waals surface area contributed by atoms with E-state index in [1.807, 2.05) is 61.3 Å². The molecule has 0 aliphatic carbocycles. The van der Waals surface area contributed by atoms with Crippen molar-refractivity contribution in [1.29, 1.82) is 0 Å². The predicted molar refractivity (Wildman–Crippen MR) is 118 cm³/mol. The molecule has 0 saturated carbocycles. The summed E-state index contributed by atoms with van der Waals surface area (Å²) in [6.45, 7) is 3.23. The van der Waals surface area contributed by atoms with Crippen LogP contribution in [0.25, 0.3) is 11.1 Å². The number of piperidine rings is 1. The fraction of sp³-hybridized carbons (Fsp3) is 0.364. The van der Waals surface area contributed by atoms with Crippen molar-refractivity contribution in [3.63, 3.8) is 0 Å². The highest BCUT2D eigenvalue weighted by molar-refractivity contribution is 6.30. The van der Waals surface area contributed by atoms with E-state index in [9.17, 15) is 4.79 Å². The Bertz CT molecular complexity index is 1050. The molecule has 3 heterocycles. The van der Waals surface area contributed by atoms with Crippen LogP contribution in [-0.4, -0.2) is 58.2 Å². The van der Waals surface area contributed by atoms with Gasteiger partial charge in [0.25, 0.3) is 5.91 Å². The van der Waals surface area contributed by atoms with Crippen molar-refractivity contribution < 1.29 is 4.79 Å². The molecule has 4 rings (SSSR count). The number of likely N-dealkylation sites (tertiary alicyclic amines) is 1. The van der Waals surface area contributed by atoms with Crippen molar-refractivity contribution in [1.82, 2.24) is 25.1 Å². The van der Waals surface area contributed by atoms with Gasteiger partial charge in [-0.2, -0.15) is 5.10 Å². The van der Waals surface area contributed by atoms with Crippen LogP contribution < -0.4 is 4.90 Å². The maximum absolute atomic E-state index is 13.0. The standard InChI is InChI=1S/C22H25ClN6O/c1-14-18(12-25-27-14)21(30)29-10-4-5-16(13-29)20-19(11-24-22(26-20)28(2)3)15-6-8-17(23)9-7-15/h6-9,11-12,16H,4-5,10,13H2,1-3H3,(H,25,27)/t16-/m0/s1. The van der Waals surface area contributed by atoms with E-state index in [1.54, 1.807) is 6.20 Å². The highest BCUT2D eigenvalue weighted by Gasteiger charge is 2.29. The van der Waals surface area contributed by atoms with Gasteiger partial charge in [-0.3, -0.25) is 9.89 Å². The number of hydrogen-bond donors (Lipinski definition) is 1. The predicted octanol–water partition coefficient (Wildman–Crippen LogP) is 3.91. The minimum atomic E-state index is 0.0147. The first-order valence-electron chi connectivity index (χ1n) is 10.0. The summed E-state index contributed by atoms with van der Waals surface area (Å²) >= 11 is 6.08. The molecule has 0 unspecified atom stereocenters. The maximum Gasteiger partial charge on any atom is 0.257 e. The van der Waals surface area contributed by atoms with Gasteiger partial charge >= 0.3 is 0 Å². The van der Waals surface area contributed by atoms with E-state index in [-0.39, 0.29) is 11.8 Å². The number of aryl methyl sites for hydroxylation is 1. The van der Waals surface area contributed by atoms with Gasteiger partial charge in [0.2, 0.25) is 5.95 Å². The number of nitrogens with one attached hydrogen (secondary N) is 1. The second kappa shape index (κ2) is 8.44. The fourth-order valence-electron chi connectivity index (χ4n) is 3.89. The Kier molecular flexibility index (Phi) is 5.72. The van der Waals surface area contributed by atoms with Crippen molar-refractivity contribution in [3.8, 4) is 11.1 Å². The first kappa shape index (κ1) is 20.3. The molecule has 1 atom stereocenters. The molecule has 1 amide bonds. The van der Waals surface area contributed by atoms with Crippen LogP contribution in [0.3, 0.4) is 0 Å². The highest BCUT2D eigenvalue weighted by Crippen LogP contribution is 2.34. The average Bonchev–Trinajstić information content (AvgIpc) is 3.19. The van der Waals surface area contributed by atoms with Gasteiger partial charge in [-0.05, 0) is 37.5 Å². The molecule has 1 aliphatic heterocycles. The Hall–Kier alpha value is -2.93. The Morgan fingerprint density at radius 2 is 2.00 bits per heavy atom. The van der Waals surface area contributed by atoms with Crippen LogP contribution in [0, 0.1) is 6.92 Å². The molecule has 156 valence electrons. The van der Waals surface area contributed by atoms with E-state index in [0.29, 0.717) is 23.1 Å². The van der Waals surface area contributed by atoms with Crippen LogP contribution >= 0.6 is 11.6 Å². The van der Waals surface area contributed by atoms with Gasteiger partial charge in [0.05, 0.1) is 17.5 Å². The number of halogens is 1. The summed E-state index contributed by atoms with van der Waals surface area (Å²) in [5.41, 5.74) is 4.40. The molecular formula is C22H25ClN6O. The van der Waals surface area contributed by atoms with Gasteiger partial charge in [-0.1, -0.05) is 23.7 Å². The zero-order valence-corrected chi connectivity index (χ0v) is 18.1. The molecule has 1 aliphatic rings. The number of carbonyl (C=O) groups excluding carboxylic acids is 1. The lowest BCUT2D eigenvalue weighted by atomic mass is 9.89. The third-order valence-corrected chi connectivity index (χ3v) is 5.77.